The lowest BCUT2D eigenvalue weighted by atomic mass is 9.89. The van der Waals surface area contributed by atoms with E-state index >= 15 is 0 Å². The van der Waals surface area contributed by atoms with Crippen molar-refractivity contribution >= 4 is 0 Å². The van der Waals surface area contributed by atoms with Gasteiger partial charge in [-0.25, -0.2) is 0 Å². The van der Waals surface area contributed by atoms with Crippen LogP contribution < -0.4 is 0 Å². The third kappa shape index (κ3) is 1.91. The van der Waals surface area contributed by atoms with Crippen LogP contribution in [0.4, 0.5) is 0 Å². The van der Waals surface area contributed by atoms with Gasteiger partial charge in [-0.1, -0.05) is 0 Å². The van der Waals surface area contributed by atoms with Crippen molar-refractivity contribution in [1.29, 1.82) is 0 Å². The van der Waals surface area contributed by atoms with Crippen LogP contribution >= 0.6 is 0 Å². The Labute approximate surface area is 103 Å². The Bertz CT molecular complexity index is 375. The summed E-state index contributed by atoms with van der Waals surface area (Å²) >= 11 is 0. The van der Waals surface area contributed by atoms with Gasteiger partial charge >= 0.3 is 0 Å². The van der Waals surface area contributed by atoms with E-state index in [1.165, 1.54) is 11.4 Å². The highest BCUT2D eigenvalue weighted by atomic mass is 16.7. The molecule has 0 N–H and O–H groups in total. The highest BCUT2D eigenvalue weighted by Crippen LogP contribution is 2.41. The molecular formula is C14H21NO2. The lowest BCUT2D eigenvalue weighted by molar-refractivity contribution is -0.181. The minimum atomic E-state index is -0.231. The average Bonchev–Trinajstić information content (AvgIpc) is 2.90. The summed E-state index contributed by atoms with van der Waals surface area (Å²) in [4.78, 5) is 0. The molecule has 2 heterocycles. The first-order chi connectivity index (χ1) is 8.20. The summed E-state index contributed by atoms with van der Waals surface area (Å²) < 4.78 is 14.0. The molecule has 0 atom stereocenters. The van der Waals surface area contributed by atoms with Crippen molar-refractivity contribution in [2.75, 3.05) is 13.2 Å². The van der Waals surface area contributed by atoms with Gasteiger partial charge in [-0.15, -0.1) is 0 Å². The Morgan fingerprint density at radius 3 is 2.12 bits per heavy atom. The second-order valence-electron chi connectivity index (χ2n) is 5.32. The summed E-state index contributed by atoms with van der Waals surface area (Å²) in [5.41, 5.74) is 2.74. The largest absolute Gasteiger partial charge is 0.348 e. The van der Waals surface area contributed by atoms with Crippen LogP contribution in [0.1, 0.15) is 43.1 Å². The maximum absolute atomic E-state index is 5.78. The highest BCUT2D eigenvalue weighted by molar-refractivity contribution is 5.15. The zero-order valence-corrected chi connectivity index (χ0v) is 10.7. The van der Waals surface area contributed by atoms with E-state index < -0.39 is 0 Å². The Morgan fingerprint density at radius 1 is 1.06 bits per heavy atom. The molecule has 0 aromatic carbocycles. The van der Waals surface area contributed by atoms with Gasteiger partial charge in [0.2, 0.25) is 0 Å². The fourth-order valence-corrected chi connectivity index (χ4v) is 3.34. The van der Waals surface area contributed by atoms with E-state index in [0.717, 1.165) is 38.9 Å². The molecular weight excluding hydrogens is 214 g/mol. The summed E-state index contributed by atoms with van der Waals surface area (Å²) in [5, 5.41) is 0. The van der Waals surface area contributed by atoms with Crippen molar-refractivity contribution in [3.8, 4) is 0 Å². The number of nitrogens with zero attached hydrogens (tertiary/aromatic N) is 1. The Kier molecular flexibility index (Phi) is 2.75. The van der Waals surface area contributed by atoms with Gasteiger partial charge in [0.25, 0.3) is 0 Å². The molecule has 2 aliphatic rings. The first-order valence-corrected chi connectivity index (χ1v) is 6.63. The van der Waals surface area contributed by atoms with Gasteiger partial charge in [-0.05, 0) is 38.8 Å². The number of hydrogen-bond acceptors (Lipinski definition) is 2. The van der Waals surface area contributed by atoms with E-state index in [0.29, 0.717) is 6.04 Å². The fourth-order valence-electron chi connectivity index (χ4n) is 3.34. The van der Waals surface area contributed by atoms with E-state index in [2.05, 4.69) is 30.5 Å². The zero-order chi connectivity index (χ0) is 11.9. The minimum absolute atomic E-state index is 0.231. The van der Waals surface area contributed by atoms with Gasteiger partial charge in [0.1, 0.15) is 0 Å². The van der Waals surface area contributed by atoms with Gasteiger partial charge in [0.05, 0.1) is 13.2 Å². The van der Waals surface area contributed by atoms with Gasteiger partial charge in [0.15, 0.2) is 5.79 Å². The average molecular weight is 235 g/mol. The van der Waals surface area contributed by atoms with E-state index in [1.807, 2.05) is 0 Å². The summed E-state index contributed by atoms with van der Waals surface area (Å²) in [5.74, 6) is -0.231. The molecule has 0 amide bonds. The lowest BCUT2D eigenvalue weighted by Crippen LogP contribution is -2.36. The third-order valence-electron chi connectivity index (χ3n) is 4.22. The summed E-state index contributed by atoms with van der Waals surface area (Å²) in [6.45, 7) is 5.93. The second-order valence-corrected chi connectivity index (χ2v) is 5.32. The Balaban J connectivity index is 1.73. The number of ether oxygens (including phenoxy) is 2. The molecule has 0 bridgehead atoms. The quantitative estimate of drug-likeness (QED) is 0.747. The van der Waals surface area contributed by atoms with Crippen LogP contribution in [0.2, 0.25) is 0 Å². The standard InChI is InChI=1S/C14H21NO2/c1-11-3-4-12(2)15(11)13-5-7-14(8-6-13)16-9-10-17-14/h3-4,13H,5-10H2,1-2H3. The number of aromatic nitrogens is 1. The van der Waals surface area contributed by atoms with Crippen molar-refractivity contribution in [3.63, 3.8) is 0 Å². The van der Waals surface area contributed by atoms with E-state index in [-0.39, 0.29) is 5.79 Å². The zero-order valence-electron chi connectivity index (χ0n) is 10.7. The molecule has 3 nitrogen and oxygen atoms in total. The molecule has 0 unspecified atom stereocenters. The molecule has 2 fully saturated rings. The third-order valence-corrected chi connectivity index (χ3v) is 4.22. The number of rotatable bonds is 1. The summed E-state index contributed by atoms with van der Waals surface area (Å²) in [6, 6.07) is 5.05. The molecule has 0 radical (unpaired) electrons. The van der Waals surface area contributed by atoms with Crippen LogP contribution in [0.15, 0.2) is 12.1 Å². The maximum atomic E-state index is 5.78. The van der Waals surface area contributed by atoms with Gasteiger partial charge < -0.3 is 14.0 Å². The van der Waals surface area contributed by atoms with Crippen molar-refractivity contribution in [1.82, 2.24) is 4.57 Å². The van der Waals surface area contributed by atoms with E-state index in [4.69, 9.17) is 9.47 Å². The van der Waals surface area contributed by atoms with Crippen molar-refractivity contribution in [3.05, 3.63) is 23.5 Å². The summed E-state index contributed by atoms with van der Waals surface area (Å²) in [6.07, 6.45) is 4.40. The normalized spacial score (nSPS) is 24.6. The van der Waals surface area contributed by atoms with Crippen LogP contribution in [-0.2, 0) is 9.47 Å². The molecule has 1 aromatic heterocycles. The molecule has 1 saturated heterocycles. The van der Waals surface area contributed by atoms with Crippen LogP contribution in [0.5, 0.6) is 0 Å². The Hall–Kier alpha value is -0.800. The monoisotopic (exact) mass is 235 g/mol. The molecule has 3 rings (SSSR count). The smallest absolute Gasteiger partial charge is 0.168 e. The van der Waals surface area contributed by atoms with E-state index in [1.54, 1.807) is 0 Å². The molecule has 3 heteroatoms. The van der Waals surface area contributed by atoms with Crippen molar-refractivity contribution in [2.24, 2.45) is 0 Å². The molecule has 1 saturated carbocycles. The van der Waals surface area contributed by atoms with Gasteiger partial charge in [0, 0.05) is 30.3 Å². The predicted octanol–water partition coefficient (Wildman–Crippen LogP) is 2.96. The Morgan fingerprint density at radius 2 is 1.59 bits per heavy atom. The maximum Gasteiger partial charge on any atom is 0.168 e. The van der Waals surface area contributed by atoms with Gasteiger partial charge in [-0.3, -0.25) is 0 Å². The van der Waals surface area contributed by atoms with E-state index in [9.17, 15) is 0 Å². The topological polar surface area (TPSA) is 23.4 Å². The molecule has 17 heavy (non-hydrogen) atoms. The molecule has 94 valence electrons. The van der Waals surface area contributed by atoms with Crippen LogP contribution in [0.25, 0.3) is 0 Å². The lowest BCUT2D eigenvalue weighted by Gasteiger charge is -2.36. The van der Waals surface area contributed by atoms with Crippen molar-refractivity contribution in [2.45, 2.75) is 51.4 Å². The SMILES string of the molecule is Cc1ccc(C)n1C1CCC2(CC1)OCCO2. The second kappa shape index (κ2) is 4.14. The molecule has 1 spiro atoms. The van der Waals surface area contributed by atoms with Gasteiger partial charge in [-0.2, -0.15) is 0 Å². The summed E-state index contributed by atoms with van der Waals surface area (Å²) in [7, 11) is 0. The number of aryl methyl sites for hydroxylation is 2. The highest BCUT2D eigenvalue weighted by Gasteiger charge is 2.40. The fraction of sp³-hybridized carbons (Fsp3) is 0.714. The molecule has 1 aromatic rings. The molecule has 1 aliphatic carbocycles. The first kappa shape index (κ1) is 11.3. The minimum Gasteiger partial charge on any atom is -0.348 e. The van der Waals surface area contributed by atoms with Crippen molar-refractivity contribution < 1.29 is 9.47 Å². The first-order valence-electron chi connectivity index (χ1n) is 6.63. The van der Waals surface area contributed by atoms with Crippen LogP contribution in [-0.4, -0.2) is 23.6 Å². The molecule has 1 aliphatic heterocycles. The predicted molar refractivity (Wildman–Crippen MR) is 66.0 cm³/mol. The van der Waals surface area contributed by atoms with Crippen LogP contribution in [0, 0.1) is 13.8 Å². The van der Waals surface area contributed by atoms with Crippen LogP contribution in [0.3, 0.4) is 0 Å². The number of hydrogen-bond donors (Lipinski definition) is 0.